The number of phenols is 1. The van der Waals surface area contributed by atoms with Gasteiger partial charge in [-0.3, -0.25) is 9.78 Å². The van der Waals surface area contributed by atoms with E-state index in [-0.39, 0.29) is 17.2 Å². The zero-order chi connectivity index (χ0) is 15.5. The molecule has 0 radical (unpaired) electrons. The number of fused-ring (bicyclic) bond motifs is 1. The highest BCUT2D eigenvalue weighted by molar-refractivity contribution is 6.30. The highest BCUT2D eigenvalue weighted by Gasteiger charge is 2.14. The first-order chi connectivity index (χ1) is 10.6. The maximum atomic E-state index is 12.2. The van der Waals surface area contributed by atoms with Crippen molar-refractivity contribution in [1.82, 2.24) is 10.3 Å². The fourth-order valence-electron chi connectivity index (χ4n) is 2.24. The summed E-state index contributed by atoms with van der Waals surface area (Å²) < 4.78 is 0. The summed E-state index contributed by atoms with van der Waals surface area (Å²) in [6, 6.07) is 14.2. The second-order valence-corrected chi connectivity index (χ2v) is 5.29. The van der Waals surface area contributed by atoms with Gasteiger partial charge in [-0.1, -0.05) is 35.9 Å². The molecule has 1 aromatic heterocycles. The van der Waals surface area contributed by atoms with Gasteiger partial charge in [0.25, 0.3) is 5.91 Å². The van der Waals surface area contributed by atoms with Crippen LogP contribution < -0.4 is 5.32 Å². The smallest absolute Gasteiger partial charge is 0.255 e. The molecule has 22 heavy (non-hydrogen) atoms. The molecule has 0 saturated heterocycles. The van der Waals surface area contributed by atoms with Crippen LogP contribution in [0.15, 0.2) is 54.7 Å². The number of hydrogen-bond acceptors (Lipinski definition) is 3. The van der Waals surface area contributed by atoms with E-state index in [9.17, 15) is 9.90 Å². The van der Waals surface area contributed by atoms with Crippen molar-refractivity contribution >= 4 is 28.4 Å². The first-order valence-electron chi connectivity index (χ1n) is 6.74. The SMILES string of the molecule is O=C(NCc1cccc(Cl)c1)c1ccc2cccnc2c1O. The van der Waals surface area contributed by atoms with Crippen LogP contribution in [0.5, 0.6) is 5.75 Å². The Labute approximate surface area is 132 Å². The summed E-state index contributed by atoms with van der Waals surface area (Å²) in [7, 11) is 0. The van der Waals surface area contributed by atoms with Crippen molar-refractivity contribution in [3.63, 3.8) is 0 Å². The molecule has 3 rings (SSSR count). The highest BCUT2D eigenvalue weighted by Crippen LogP contribution is 2.26. The summed E-state index contributed by atoms with van der Waals surface area (Å²) in [6.45, 7) is 0.332. The van der Waals surface area contributed by atoms with Gasteiger partial charge in [-0.25, -0.2) is 0 Å². The Kier molecular flexibility index (Phi) is 3.94. The van der Waals surface area contributed by atoms with E-state index in [2.05, 4.69) is 10.3 Å². The molecule has 0 fully saturated rings. The number of phenolic OH excluding ortho intramolecular Hbond substituents is 1. The zero-order valence-electron chi connectivity index (χ0n) is 11.6. The third-order valence-corrected chi connectivity index (χ3v) is 3.57. The van der Waals surface area contributed by atoms with Crippen LogP contribution in [0.3, 0.4) is 0 Å². The number of pyridine rings is 1. The minimum atomic E-state index is -0.356. The molecule has 0 saturated carbocycles. The van der Waals surface area contributed by atoms with Crippen LogP contribution in [0.4, 0.5) is 0 Å². The van der Waals surface area contributed by atoms with Gasteiger partial charge in [0.05, 0.1) is 5.56 Å². The largest absolute Gasteiger partial charge is 0.505 e. The molecule has 3 aromatic rings. The van der Waals surface area contributed by atoms with Gasteiger partial charge in [-0.15, -0.1) is 0 Å². The van der Waals surface area contributed by atoms with Crippen LogP contribution in [0, 0.1) is 0 Å². The minimum absolute atomic E-state index is 0.110. The summed E-state index contributed by atoms with van der Waals surface area (Å²) in [5.74, 6) is -0.466. The van der Waals surface area contributed by atoms with Gasteiger partial charge < -0.3 is 10.4 Å². The molecule has 2 N–H and O–H groups in total. The first-order valence-corrected chi connectivity index (χ1v) is 7.12. The molecule has 0 aliphatic rings. The third kappa shape index (κ3) is 2.87. The molecule has 1 amide bonds. The molecular weight excluding hydrogens is 300 g/mol. The second-order valence-electron chi connectivity index (χ2n) is 4.85. The number of halogens is 1. The number of carbonyl (C=O) groups excluding carboxylic acids is 1. The normalized spacial score (nSPS) is 10.6. The quantitative estimate of drug-likeness (QED) is 0.778. The Morgan fingerprint density at radius 1 is 1.18 bits per heavy atom. The van der Waals surface area contributed by atoms with Gasteiger partial charge in [-0.05, 0) is 29.8 Å². The molecule has 4 nitrogen and oxygen atoms in total. The van der Waals surface area contributed by atoms with Crippen LogP contribution in [-0.2, 0) is 6.54 Å². The number of aromatic hydroxyl groups is 1. The summed E-state index contributed by atoms with van der Waals surface area (Å²) >= 11 is 5.91. The molecule has 0 bridgehead atoms. The van der Waals surface area contributed by atoms with Crippen LogP contribution in [0.25, 0.3) is 10.9 Å². The molecule has 0 aliphatic heterocycles. The van der Waals surface area contributed by atoms with Crippen molar-refractivity contribution in [3.8, 4) is 5.75 Å². The number of amides is 1. The number of rotatable bonds is 3. The fraction of sp³-hybridized carbons (Fsp3) is 0.0588. The molecule has 0 unspecified atom stereocenters. The lowest BCUT2D eigenvalue weighted by atomic mass is 10.1. The predicted octanol–water partition coefficient (Wildman–Crippen LogP) is 3.52. The van der Waals surface area contributed by atoms with Gasteiger partial charge in [0.1, 0.15) is 5.52 Å². The summed E-state index contributed by atoms with van der Waals surface area (Å²) in [4.78, 5) is 16.3. The number of aromatic nitrogens is 1. The van der Waals surface area contributed by atoms with E-state index in [4.69, 9.17) is 11.6 Å². The Morgan fingerprint density at radius 2 is 2.05 bits per heavy atom. The van der Waals surface area contributed by atoms with E-state index in [0.29, 0.717) is 17.1 Å². The Bertz CT molecular complexity index is 849. The lowest BCUT2D eigenvalue weighted by molar-refractivity contribution is 0.0948. The van der Waals surface area contributed by atoms with Crippen LogP contribution in [0.1, 0.15) is 15.9 Å². The topological polar surface area (TPSA) is 62.2 Å². The van der Waals surface area contributed by atoms with E-state index in [1.54, 1.807) is 36.5 Å². The van der Waals surface area contributed by atoms with E-state index in [0.717, 1.165) is 10.9 Å². The molecule has 0 atom stereocenters. The van der Waals surface area contributed by atoms with E-state index in [1.165, 1.54) is 0 Å². The fourth-order valence-corrected chi connectivity index (χ4v) is 2.45. The van der Waals surface area contributed by atoms with Gasteiger partial charge in [-0.2, -0.15) is 0 Å². The molecular formula is C17H13ClN2O2. The second kappa shape index (κ2) is 6.03. The number of benzene rings is 2. The zero-order valence-corrected chi connectivity index (χ0v) is 12.3. The van der Waals surface area contributed by atoms with Crippen molar-refractivity contribution in [1.29, 1.82) is 0 Å². The molecule has 5 heteroatoms. The van der Waals surface area contributed by atoms with Crippen molar-refractivity contribution in [3.05, 3.63) is 70.9 Å². The maximum absolute atomic E-state index is 12.2. The average molecular weight is 313 g/mol. The van der Waals surface area contributed by atoms with Crippen molar-refractivity contribution in [2.75, 3.05) is 0 Å². The number of hydrogen-bond donors (Lipinski definition) is 2. The van der Waals surface area contributed by atoms with Crippen molar-refractivity contribution in [2.45, 2.75) is 6.54 Å². The van der Waals surface area contributed by atoms with Crippen LogP contribution >= 0.6 is 11.6 Å². The molecule has 0 spiro atoms. The highest BCUT2D eigenvalue weighted by atomic mass is 35.5. The van der Waals surface area contributed by atoms with Crippen LogP contribution in [-0.4, -0.2) is 16.0 Å². The molecule has 110 valence electrons. The maximum Gasteiger partial charge on any atom is 0.255 e. The monoisotopic (exact) mass is 312 g/mol. The Morgan fingerprint density at radius 3 is 2.86 bits per heavy atom. The van der Waals surface area contributed by atoms with Crippen molar-refractivity contribution in [2.24, 2.45) is 0 Å². The predicted molar refractivity (Wildman–Crippen MR) is 86.0 cm³/mol. The number of carbonyl (C=O) groups is 1. The summed E-state index contributed by atoms with van der Waals surface area (Å²) in [5, 5.41) is 14.4. The Balaban J connectivity index is 1.82. The van der Waals surface area contributed by atoms with E-state index in [1.807, 2.05) is 18.2 Å². The Hall–Kier alpha value is -2.59. The summed E-state index contributed by atoms with van der Waals surface area (Å²) in [5.41, 5.74) is 1.50. The standard InChI is InChI=1S/C17H13ClN2O2/c18-13-5-1-3-11(9-13)10-20-17(22)14-7-6-12-4-2-8-19-15(12)16(14)21/h1-9,21H,10H2,(H,20,22). The molecule has 2 aromatic carbocycles. The van der Waals surface area contributed by atoms with E-state index < -0.39 is 0 Å². The lowest BCUT2D eigenvalue weighted by Gasteiger charge is -2.09. The third-order valence-electron chi connectivity index (χ3n) is 3.33. The van der Waals surface area contributed by atoms with Gasteiger partial charge in [0.15, 0.2) is 5.75 Å². The van der Waals surface area contributed by atoms with Gasteiger partial charge in [0.2, 0.25) is 0 Å². The van der Waals surface area contributed by atoms with Crippen LogP contribution in [0.2, 0.25) is 5.02 Å². The van der Waals surface area contributed by atoms with E-state index >= 15 is 0 Å². The average Bonchev–Trinajstić information content (AvgIpc) is 2.53. The minimum Gasteiger partial charge on any atom is -0.505 e. The summed E-state index contributed by atoms with van der Waals surface area (Å²) in [6.07, 6.45) is 1.58. The van der Waals surface area contributed by atoms with Gasteiger partial charge in [0, 0.05) is 23.2 Å². The number of nitrogens with zero attached hydrogens (tertiary/aromatic N) is 1. The number of nitrogens with one attached hydrogen (secondary N) is 1. The first kappa shape index (κ1) is 14.4. The lowest BCUT2D eigenvalue weighted by Crippen LogP contribution is -2.22. The van der Waals surface area contributed by atoms with Crippen molar-refractivity contribution < 1.29 is 9.90 Å². The van der Waals surface area contributed by atoms with Gasteiger partial charge >= 0.3 is 0 Å². The molecule has 1 heterocycles. The molecule has 0 aliphatic carbocycles.